The van der Waals surface area contributed by atoms with E-state index in [1.807, 2.05) is 0 Å². The Hall–Kier alpha value is -4.69. The average Bonchev–Trinajstić information content (AvgIpc) is 2.98. The van der Waals surface area contributed by atoms with Gasteiger partial charge in [0.25, 0.3) is 0 Å². The molecule has 16 heteroatoms. The van der Waals surface area contributed by atoms with Crippen LogP contribution in [0, 0.1) is 5.92 Å². The lowest BCUT2D eigenvalue weighted by atomic mass is 10.0. The number of nitrogens with one attached hydrogen (secondary N) is 4. The van der Waals surface area contributed by atoms with E-state index < -0.39 is 84.5 Å². The van der Waals surface area contributed by atoms with E-state index in [1.54, 1.807) is 26.0 Å². The first-order valence-electron chi connectivity index (χ1n) is 14.3. The number of amides is 4. The van der Waals surface area contributed by atoms with Gasteiger partial charge in [0.2, 0.25) is 23.6 Å². The van der Waals surface area contributed by atoms with Gasteiger partial charge < -0.3 is 36.2 Å². The van der Waals surface area contributed by atoms with Gasteiger partial charge >= 0.3 is 11.9 Å². The molecular formula is C31H36Cl2N4O10. The summed E-state index contributed by atoms with van der Waals surface area (Å²) in [6.45, 7) is 4.87. The number of carbonyl (C=O) groups excluding carboxylic acids is 6. The lowest BCUT2D eigenvalue weighted by molar-refractivity contribution is -0.141. The van der Waals surface area contributed by atoms with Crippen molar-refractivity contribution in [2.45, 2.75) is 64.7 Å². The summed E-state index contributed by atoms with van der Waals surface area (Å²) in [5.74, 6) is -6.78. The normalized spacial score (nSPS) is 13.3. The van der Waals surface area contributed by atoms with Crippen LogP contribution >= 0.6 is 23.2 Å². The Kier molecular flexibility index (Phi) is 14.6. The van der Waals surface area contributed by atoms with E-state index in [1.165, 1.54) is 44.2 Å². The van der Waals surface area contributed by atoms with Gasteiger partial charge in [-0.3, -0.25) is 28.8 Å². The van der Waals surface area contributed by atoms with Gasteiger partial charge in [0.1, 0.15) is 29.9 Å². The second kappa shape index (κ2) is 17.9. The van der Waals surface area contributed by atoms with E-state index in [9.17, 15) is 43.8 Å². The SMILES string of the molecule is CC(=O)N[C@@H](Cc1ccc(O)cc1)C(=O)N[C@H](C(=O)N[C@@H](C)C(=O)N[C@@H](CC(=O)O)C(=O)COC(=O)c1c(Cl)cccc1Cl)C(C)C. The molecule has 4 amide bonds. The molecule has 4 atom stereocenters. The largest absolute Gasteiger partial charge is 0.508 e. The molecule has 2 aromatic rings. The molecule has 254 valence electrons. The van der Waals surface area contributed by atoms with Crippen molar-refractivity contribution >= 4 is 64.6 Å². The fourth-order valence-corrected chi connectivity index (χ4v) is 4.75. The Morgan fingerprint density at radius 3 is 1.91 bits per heavy atom. The fraction of sp³-hybridized carbons (Fsp3) is 0.387. The lowest BCUT2D eigenvalue weighted by Crippen LogP contribution is -2.58. The molecule has 0 aromatic heterocycles. The van der Waals surface area contributed by atoms with Gasteiger partial charge in [0.15, 0.2) is 12.4 Å². The summed E-state index contributed by atoms with van der Waals surface area (Å²) in [6, 6.07) is 5.07. The summed E-state index contributed by atoms with van der Waals surface area (Å²) in [5.41, 5.74) is 0.426. The summed E-state index contributed by atoms with van der Waals surface area (Å²) in [5, 5.41) is 28.5. The smallest absolute Gasteiger partial charge is 0.341 e. The zero-order chi connectivity index (χ0) is 35.4. The number of benzene rings is 2. The van der Waals surface area contributed by atoms with Crippen LogP contribution in [0.15, 0.2) is 42.5 Å². The van der Waals surface area contributed by atoms with Crippen LogP contribution in [0.3, 0.4) is 0 Å². The molecule has 0 bridgehead atoms. The third-order valence-electron chi connectivity index (χ3n) is 6.67. The van der Waals surface area contributed by atoms with Crippen LogP contribution in [0.4, 0.5) is 0 Å². The van der Waals surface area contributed by atoms with Gasteiger partial charge in [0, 0.05) is 13.3 Å². The number of halogens is 2. The number of aromatic hydroxyl groups is 1. The number of rotatable bonds is 16. The van der Waals surface area contributed by atoms with Crippen molar-refractivity contribution in [2.75, 3.05) is 6.61 Å². The molecule has 0 spiro atoms. The lowest BCUT2D eigenvalue weighted by Gasteiger charge is -2.27. The Morgan fingerprint density at radius 2 is 1.38 bits per heavy atom. The minimum Gasteiger partial charge on any atom is -0.508 e. The number of aliphatic carboxylic acids is 1. The molecule has 0 radical (unpaired) electrons. The molecule has 0 unspecified atom stereocenters. The minimum absolute atomic E-state index is 0.0184. The number of hydrogen-bond acceptors (Lipinski definition) is 9. The van der Waals surface area contributed by atoms with E-state index in [0.29, 0.717) is 5.56 Å². The molecule has 0 heterocycles. The van der Waals surface area contributed by atoms with Crippen molar-refractivity contribution < 1.29 is 48.5 Å². The number of esters is 1. The van der Waals surface area contributed by atoms with E-state index in [4.69, 9.17) is 27.9 Å². The number of carboxylic acid groups (broad SMARTS) is 1. The maximum Gasteiger partial charge on any atom is 0.341 e. The quantitative estimate of drug-likeness (QED) is 0.140. The van der Waals surface area contributed by atoms with Crippen molar-refractivity contribution in [1.29, 1.82) is 0 Å². The van der Waals surface area contributed by atoms with Crippen LogP contribution in [-0.2, 0) is 39.9 Å². The summed E-state index contributed by atoms with van der Waals surface area (Å²) in [4.78, 5) is 87.7. The van der Waals surface area contributed by atoms with Crippen LogP contribution < -0.4 is 21.3 Å². The Bertz CT molecular complexity index is 1480. The summed E-state index contributed by atoms with van der Waals surface area (Å²) in [6.07, 6.45) is -0.803. The molecule has 2 aromatic carbocycles. The maximum atomic E-state index is 13.2. The van der Waals surface area contributed by atoms with Crippen molar-refractivity contribution in [3.63, 3.8) is 0 Å². The molecule has 6 N–H and O–H groups in total. The van der Waals surface area contributed by atoms with Gasteiger partial charge in [-0.05, 0) is 42.7 Å². The third-order valence-corrected chi connectivity index (χ3v) is 7.30. The molecule has 14 nitrogen and oxygen atoms in total. The topological polar surface area (TPSA) is 217 Å². The van der Waals surface area contributed by atoms with Crippen molar-refractivity contribution in [3.8, 4) is 5.75 Å². The van der Waals surface area contributed by atoms with E-state index >= 15 is 0 Å². The van der Waals surface area contributed by atoms with Gasteiger partial charge in [-0.2, -0.15) is 0 Å². The summed E-state index contributed by atoms with van der Waals surface area (Å²) >= 11 is 11.9. The van der Waals surface area contributed by atoms with Gasteiger partial charge in [0.05, 0.1) is 22.0 Å². The highest BCUT2D eigenvalue weighted by atomic mass is 35.5. The summed E-state index contributed by atoms with van der Waals surface area (Å²) in [7, 11) is 0. The number of phenols is 1. The molecule has 0 aliphatic carbocycles. The molecule has 0 aliphatic rings. The number of ketones is 1. The zero-order valence-corrected chi connectivity index (χ0v) is 27.5. The van der Waals surface area contributed by atoms with Crippen LogP contribution in [-0.4, -0.2) is 82.3 Å². The predicted molar refractivity (Wildman–Crippen MR) is 170 cm³/mol. The Morgan fingerprint density at radius 1 is 0.787 bits per heavy atom. The number of carboxylic acids is 1. The molecule has 0 fully saturated rings. The first kappa shape index (κ1) is 38.5. The van der Waals surface area contributed by atoms with Crippen molar-refractivity contribution in [2.24, 2.45) is 5.92 Å². The Labute approximate surface area is 280 Å². The van der Waals surface area contributed by atoms with E-state index in [2.05, 4.69) is 21.3 Å². The van der Waals surface area contributed by atoms with Crippen LogP contribution in [0.5, 0.6) is 5.75 Å². The molecular weight excluding hydrogens is 659 g/mol. The van der Waals surface area contributed by atoms with Crippen LogP contribution in [0.2, 0.25) is 10.0 Å². The monoisotopic (exact) mass is 694 g/mol. The highest BCUT2D eigenvalue weighted by Crippen LogP contribution is 2.25. The molecule has 0 aliphatic heterocycles. The van der Waals surface area contributed by atoms with Crippen LogP contribution in [0.25, 0.3) is 0 Å². The summed E-state index contributed by atoms with van der Waals surface area (Å²) < 4.78 is 4.95. The molecule has 0 saturated carbocycles. The van der Waals surface area contributed by atoms with E-state index in [-0.39, 0.29) is 27.8 Å². The van der Waals surface area contributed by atoms with Gasteiger partial charge in [-0.1, -0.05) is 55.2 Å². The molecule has 2 rings (SSSR count). The van der Waals surface area contributed by atoms with Gasteiger partial charge in [-0.15, -0.1) is 0 Å². The van der Waals surface area contributed by atoms with Crippen LogP contribution in [0.1, 0.15) is 50.0 Å². The first-order chi connectivity index (χ1) is 22.0. The minimum atomic E-state index is -1.63. The second-order valence-corrected chi connectivity index (χ2v) is 11.7. The highest BCUT2D eigenvalue weighted by molar-refractivity contribution is 6.39. The standard InChI is InChI=1S/C31H36Cl2N4O10/c1-15(2)27(37-29(44)23(35-17(4)38)12-18-8-10-19(39)11-9-18)30(45)34-16(3)28(43)36-22(13-25(41)42)24(40)14-47-31(46)26-20(32)6-5-7-21(26)33/h5-11,15-16,22-23,27,39H,12-14H2,1-4H3,(H,34,45)(H,35,38)(H,36,43)(H,37,44)(H,41,42)/t16-,22-,23-,27-/m0/s1. The van der Waals surface area contributed by atoms with Gasteiger partial charge in [-0.25, -0.2) is 4.79 Å². The second-order valence-electron chi connectivity index (χ2n) is 10.9. The van der Waals surface area contributed by atoms with E-state index in [0.717, 1.165) is 0 Å². The zero-order valence-electron chi connectivity index (χ0n) is 26.0. The molecule has 0 saturated heterocycles. The number of ether oxygens (including phenoxy) is 1. The highest BCUT2D eigenvalue weighted by Gasteiger charge is 2.32. The number of carbonyl (C=O) groups is 7. The number of hydrogen-bond donors (Lipinski definition) is 6. The maximum absolute atomic E-state index is 13.2. The number of Topliss-reactive ketones (excluding diaryl/α,β-unsaturated/α-hetero) is 1. The average molecular weight is 696 g/mol. The molecule has 47 heavy (non-hydrogen) atoms. The van der Waals surface area contributed by atoms with Crippen molar-refractivity contribution in [3.05, 3.63) is 63.6 Å². The first-order valence-corrected chi connectivity index (χ1v) is 15.1. The predicted octanol–water partition coefficient (Wildman–Crippen LogP) is 1.78. The fourth-order valence-electron chi connectivity index (χ4n) is 4.20. The Balaban J connectivity index is 2.07. The number of phenolic OH excluding ortho intramolecular Hbond substituents is 1. The van der Waals surface area contributed by atoms with Crippen molar-refractivity contribution in [1.82, 2.24) is 21.3 Å². The third kappa shape index (κ3) is 12.2.